The van der Waals surface area contributed by atoms with E-state index in [0.717, 1.165) is 25.9 Å². The minimum Gasteiger partial charge on any atom is -0.311 e. The molecule has 0 unspecified atom stereocenters. The summed E-state index contributed by atoms with van der Waals surface area (Å²) in [6.07, 6.45) is 3.60. The summed E-state index contributed by atoms with van der Waals surface area (Å²) >= 11 is 0. The second kappa shape index (κ2) is 7.15. The first-order valence-electron chi connectivity index (χ1n) is 9.62. The first kappa shape index (κ1) is 18.8. The van der Waals surface area contributed by atoms with E-state index >= 15 is 0 Å². The van der Waals surface area contributed by atoms with E-state index in [1.165, 1.54) is 16.3 Å². The highest BCUT2D eigenvalue weighted by molar-refractivity contribution is 7.86. The molecule has 2 aliphatic heterocycles. The first-order chi connectivity index (χ1) is 12.9. The Hall–Kier alpha value is -1.50. The number of hydrogen-bond donors (Lipinski definition) is 2. The van der Waals surface area contributed by atoms with Crippen molar-refractivity contribution < 1.29 is 8.42 Å². The highest BCUT2D eigenvalue weighted by Gasteiger charge is 2.51. The highest BCUT2D eigenvalue weighted by Crippen LogP contribution is 2.41. The molecule has 8 heteroatoms. The molecule has 0 spiro atoms. The lowest BCUT2D eigenvalue weighted by Gasteiger charge is -2.55. The van der Waals surface area contributed by atoms with Crippen molar-refractivity contribution in [1.29, 1.82) is 5.26 Å². The molecule has 146 valence electrons. The Labute approximate surface area is 161 Å². The normalized spacial score (nSPS) is 29.0. The third-order valence-corrected chi connectivity index (χ3v) is 7.32. The van der Waals surface area contributed by atoms with Gasteiger partial charge in [-0.1, -0.05) is 30.3 Å². The zero-order valence-electron chi connectivity index (χ0n) is 15.4. The van der Waals surface area contributed by atoms with Crippen molar-refractivity contribution in [3.8, 4) is 6.07 Å². The van der Waals surface area contributed by atoms with Crippen LogP contribution >= 0.6 is 0 Å². The number of rotatable bonds is 6. The van der Waals surface area contributed by atoms with Gasteiger partial charge in [-0.3, -0.25) is 4.90 Å². The van der Waals surface area contributed by atoms with E-state index < -0.39 is 10.2 Å². The van der Waals surface area contributed by atoms with Gasteiger partial charge in [0.05, 0.1) is 18.0 Å². The number of nitrogens with one attached hydrogen (secondary N) is 1. The molecule has 3 aliphatic rings. The van der Waals surface area contributed by atoms with Crippen LogP contribution in [0.5, 0.6) is 0 Å². The van der Waals surface area contributed by atoms with Crippen LogP contribution in [0.4, 0.5) is 0 Å². The van der Waals surface area contributed by atoms with E-state index in [0.29, 0.717) is 37.5 Å². The molecule has 3 N–H and O–H groups in total. The van der Waals surface area contributed by atoms with Crippen LogP contribution in [0.25, 0.3) is 0 Å². The number of nitriles is 1. The molecule has 7 nitrogen and oxygen atoms in total. The van der Waals surface area contributed by atoms with E-state index in [9.17, 15) is 13.7 Å². The maximum atomic E-state index is 11.5. The summed E-state index contributed by atoms with van der Waals surface area (Å²) in [6, 6.07) is 14.0. The average molecular weight is 390 g/mol. The Bertz CT molecular complexity index is 808. The molecule has 1 aromatic carbocycles. The van der Waals surface area contributed by atoms with Crippen molar-refractivity contribution in [2.24, 2.45) is 5.14 Å². The molecule has 0 radical (unpaired) electrons. The van der Waals surface area contributed by atoms with Crippen molar-refractivity contribution in [3.63, 3.8) is 0 Å². The molecule has 0 aromatic heterocycles. The van der Waals surface area contributed by atoms with Crippen LogP contribution < -0.4 is 10.5 Å². The van der Waals surface area contributed by atoms with Gasteiger partial charge in [0.1, 0.15) is 0 Å². The van der Waals surface area contributed by atoms with Crippen LogP contribution in [0.2, 0.25) is 0 Å². The molecule has 3 fully saturated rings. The Balaban J connectivity index is 1.28. The maximum absolute atomic E-state index is 11.5. The molecule has 27 heavy (non-hydrogen) atoms. The number of piperidine rings is 1. The molecule has 0 bridgehead atoms. The third-order valence-electron chi connectivity index (χ3n) is 6.34. The van der Waals surface area contributed by atoms with Gasteiger partial charge in [-0.2, -0.15) is 18.0 Å². The van der Waals surface area contributed by atoms with E-state index in [2.05, 4.69) is 46.6 Å². The summed E-state index contributed by atoms with van der Waals surface area (Å²) in [5, 5.41) is 18.2. The van der Waals surface area contributed by atoms with Crippen LogP contribution in [-0.4, -0.2) is 61.4 Å². The molecule has 2 saturated heterocycles. The van der Waals surface area contributed by atoms with E-state index in [4.69, 9.17) is 5.14 Å². The Kier molecular flexibility index (Phi) is 4.99. The first-order valence-corrected chi connectivity index (χ1v) is 11.1. The van der Waals surface area contributed by atoms with Gasteiger partial charge in [0.2, 0.25) is 0 Å². The van der Waals surface area contributed by atoms with Crippen molar-refractivity contribution in [2.45, 2.75) is 49.2 Å². The molecular weight excluding hydrogens is 362 g/mol. The number of hydrogen-bond acceptors (Lipinski definition) is 5. The summed E-state index contributed by atoms with van der Waals surface area (Å²) in [6.45, 7) is 2.44. The predicted molar refractivity (Wildman–Crippen MR) is 103 cm³/mol. The zero-order chi connectivity index (χ0) is 19.1. The zero-order valence-corrected chi connectivity index (χ0v) is 16.2. The third kappa shape index (κ3) is 3.89. The van der Waals surface area contributed by atoms with Crippen molar-refractivity contribution >= 4 is 10.2 Å². The van der Waals surface area contributed by atoms with E-state index in [1.54, 1.807) is 0 Å². The lowest BCUT2D eigenvalue weighted by atomic mass is 9.84. The van der Waals surface area contributed by atoms with E-state index in [1.807, 2.05) is 0 Å². The fraction of sp³-hybridized carbons (Fsp3) is 0.632. The molecule has 2 atom stereocenters. The SMILES string of the molecule is N#CCC1(N2CCC(N[C@@H]3C[C@H]3c3ccccc3)CC2)CN(S(N)(=O)=O)C1. The van der Waals surface area contributed by atoms with Crippen LogP contribution in [-0.2, 0) is 10.2 Å². The van der Waals surface area contributed by atoms with Crippen molar-refractivity contribution in [2.75, 3.05) is 26.2 Å². The summed E-state index contributed by atoms with van der Waals surface area (Å²) in [7, 11) is -3.66. The Morgan fingerprint density at radius 2 is 1.89 bits per heavy atom. The minimum absolute atomic E-state index is 0.330. The lowest BCUT2D eigenvalue weighted by Crippen LogP contribution is -2.73. The van der Waals surface area contributed by atoms with Gasteiger partial charge in [0, 0.05) is 44.2 Å². The standard InChI is InChI=1S/C19H27N5O2S/c20-9-8-19(13-24(14-19)27(21,25)26)23-10-6-16(7-11-23)22-18-12-17(18)15-4-2-1-3-5-15/h1-5,16-18,22H,6-8,10-14H2,(H2,21,25,26)/t17-,18+/m0/s1. The fourth-order valence-electron chi connectivity index (χ4n) is 4.63. The smallest absolute Gasteiger partial charge is 0.277 e. The summed E-state index contributed by atoms with van der Waals surface area (Å²) in [4.78, 5) is 2.30. The number of likely N-dealkylation sites (tertiary alicyclic amines) is 1. The number of nitrogens with two attached hydrogens (primary N) is 1. The van der Waals surface area contributed by atoms with Gasteiger partial charge in [-0.15, -0.1) is 0 Å². The van der Waals surface area contributed by atoms with Crippen LogP contribution in [0, 0.1) is 11.3 Å². The maximum Gasteiger partial charge on any atom is 0.277 e. The molecule has 1 aromatic rings. The van der Waals surface area contributed by atoms with Gasteiger partial charge >= 0.3 is 0 Å². The van der Waals surface area contributed by atoms with Gasteiger partial charge in [-0.05, 0) is 24.8 Å². The lowest BCUT2D eigenvalue weighted by molar-refractivity contribution is -0.0255. The van der Waals surface area contributed by atoms with Crippen LogP contribution in [0.15, 0.2) is 30.3 Å². The average Bonchev–Trinajstić information content (AvgIpc) is 3.37. The largest absolute Gasteiger partial charge is 0.311 e. The monoisotopic (exact) mass is 389 g/mol. The molecule has 1 saturated carbocycles. The predicted octanol–water partition coefficient (Wildman–Crippen LogP) is 0.768. The van der Waals surface area contributed by atoms with Crippen molar-refractivity contribution in [1.82, 2.24) is 14.5 Å². The van der Waals surface area contributed by atoms with Gasteiger partial charge < -0.3 is 5.32 Å². The van der Waals surface area contributed by atoms with Crippen LogP contribution in [0.1, 0.15) is 37.2 Å². The summed E-state index contributed by atoms with van der Waals surface area (Å²) in [5.74, 6) is 0.629. The van der Waals surface area contributed by atoms with Crippen LogP contribution in [0.3, 0.4) is 0 Å². The molecule has 0 amide bonds. The molecule has 2 heterocycles. The summed E-state index contributed by atoms with van der Waals surface area (Å²) in [5.41, 5.74) is 1.05. The second-order valence-corrected chi connectivity index (χ2v) is 9.71. The van der Waals surface area contributed by atoms with Gasteiger partial charge in [0.15, 0.2) is 0 Å². The fourth-order valence-corrected chi connectivity index (χ4v) is 5.47. The van der Waals surface area contributed by atoms with E-state index in [-0.39, 0.29) is 5.54 Å². The quantitative estimate of drug-likeness (QED) is 0.748. The Morgan fingerprint density at radius 3 is 2.48 bits per heavy atom. The van der Waals surface area contributed by atoms with Gasteiger partial charge in [-0.25, -0.2) is 5.14 Å². The molecule has 1 aliphatic carbocycles. The Morgan fingerprint density at radius 1 is 1.22 bits per heavy atom. The number of benzene rings is 1. The highest BCUT2D eigenvalue weighted by atomic mass is 32.2. The van der Waals surface area contributed by atoms with Gasteiger partial charge in [0.25, 0.3) is 10.2 Å². The summed E-state index contributed by atoms with van der Waals surface area (Å²) < 4.78 is 24.3. The number of nitrogens with zero attached hydrogens (tertiary/aromatic N) is 3. The second-order valence-electron chi connectivity index (χ2n) is 8.16. The molecular formula is C19H27N5O2S. The van der Waals surface area contributed by atoms with Crippen molar-refractivity contribution in [3.05, 3.63) is 35.9 Å². The topological polar surface area (TPSA) is 102 Å². The molecule has 4 rings (SSSR count). The minimum atomic E-state index is -3.66.